The fourth-order valence-corrected chi connectivity index (χ4v) is 4.85. The number of aromatic amines is 1. The number of aromatic nitrogens is 2. The molecular weight excluding hydrogens is 406 g/mol. The lowest BCUT2D eigenvalue weighted by Gasteiger charge is -2.50. The monoisotopic (exact) mass is 443 g/mol. The second kappa shape index (κ2) is 7.21. The highest BCUT2D eigenvalue weighted by Crippen LogP contribution is 2.42. The Morgan fingerprint density at radius 2 is 1.97 bits per heavy atom. The van der Waals surface area contributed by atoms with E-state index < -0.39 is 11.2 Å². The zero-order valence-corrected chi connectivity index (χ0v) is 20.5. The van der Waals surface area contributed by atoms with Crippen LogP contribution < -0.4 is 11.1 Å². The predicted octanol–water partition coefficient (Wildman–Crippen LogP) is 1.14. The van der Waals surface area contributed by atoms with Gasteiger partial charge in [0.25, 0.3) is 0 Å². The Kier molecular flexibility index (Phi) is 5.09. The summed E-state index contributed by atoms with van der Waals surface area (Å²) in [5.41, 5.74) is 7.51. The summed E-state index contributed by atoms with van der Waals surface area (Å²) < 4.78 is 0. The lowest BCUT2D eigenvalue weighted by atomic mass is 9.96. The van der Waals surface area contributed by atoms with Crippen LogP contribution in [0.25, 0.3) is 0 Å². The van der Waals surface area contributed by atoms with Gasteiger partial charge in [-0.15, -0.1) is 0 Å². The Labute approximate surface area is 190 Å². The maximum absolute atomic E-state index is 13.8. The number of aliphatic imine (C=N–C) groups is 1. The topological polar surface area (TPSA) is 109 Å². The zero-order chi connectivity index (χ0) is 23.6. The number of nitrogens with zero attached hydrogens (tertiary/aromatic N) is 6. The summed E-state index contributed by atoms with van der Waals surface area (Å²) in [5.74, 6) is 0.658. The molecule has 0 aromatic carbocycles. The number of guanidine groups is 1. The number of carbonyl (C=O) groups is 1. The molecule has 1 unspecified atom stereocenters. The minimum Gasteiger partial charge on any atom is -0.349 e. The minimum atomic E-state index is -1.10. The Bertz CT molecular complexity index is 976. The minimum absolute atomic E-state index is 0.0450. The molecule has 2 atom stereocenters. The quantitative estimate of drug-likeness (QED) is 0.601. The molecule has 1 aromatic heterocycles. The SMILES string of the molecule is C[C@H]1CN(C)C(C)(C)CN1C(=O)N1Cc2c(C3(N)C=CNC(N(C)C)=N3)n[nH]c2C1(C)C. The number of fused-ring (bicyclic) bond motifs is 1. The van der Waals surface area contributed by atoms with Gasteiger partial charge in [-0.05, 0) is 47.7 Å². The van der Waals surface area contributed by atoms with Crippen molar-refractivity contribution < 1.29 is 4.79 Å². The Morgan fingerprint density at radius 3 is 2.62 bits per heavy atom. The van der Waals surface area contributed by atoms with E-state index in [1.165, 1.54) is 0 Å². The number of hydrogen-bond donors (Lipinski definition) is 3. The van der Waals surface area contributed by atoms with Crippen molar-refractivity contribution in [3.63, 3.8) is 0 Å². The first-order valence-electron chi connectivity index (χ1n) is 11.2. The number of likely N-dealkylation sites (N-methyl/N-ethyl adjacent to an activating group) is 1. The molecule has 10 heteroatoms. The van der Waals surface area contributed by atoms with E-state index in [1.807, 2.05) is 28.8 Å². The summed E-state index contributed by atoms with van der Waals surface area (Å²) in [6.07, 6.45) is 3.60. The van der Waals surface area contributed by atoms with Crippen LogP contribution in [-0.2, 0) is 17.7 Å². The van der Waals surface area contributed by atoms with Gasteiger partial charge >= 0.3 is 6.03 Å². The summed E-state index contributed by atoms with van der Waals surface area (Å²) in [6.45, 7) is 12.6. The number of rotatable bonds is 1. The van der Waals surface area contributed by atoms with Crippen LogP contribution >= 0.6 is 0 Å². The van der Waals surface area contributed by atoms with Crippen LogP contribution in [0.15, 0.2) is 17.3 Å². The second-order valence-corrected chi connectivity index (χ2v) is 10.7. The van der Waals surface area contributed by atoms with Gasteiger partial charge in [0, 0.05) is 50.5 Å². The molecule has 4 N–H and O–H groups in total. The van der Waals surface area contributed by atoms with E-state index in [4.69, 9.17) is 10.7 Å². The molecule has 4 rings (SSSR count). The fourth-order valence-electron chi connectivity index (χ4n) is 4.85. The molecule has 0 aliphatic carbocycles. The second-order valence-electron chi connectivity index (χ2n) is 10.7. The number of H-pyrrole nitrogens is 1. The summed E-state index contributed by atoms with van der Waals surface area (Å²) in [6, 6.07) is 0.178. The molecule has 0 bridgehead atoms. The molecule has 1 saturated heterocycles. The third kappa shape index (κ3) is 3.36. The van der Waals surface area contributed by atoms with Gasteiger partial charge in [-0.1, -0.05) is 0 Å². The van der Waals surface area contributed by atoms with E-state index in [0.717, 1.165) is 17.8 Å². The maximum atomic E-state index is 13.8. The van der Waals surface area contributed by atoms with Gasteiger partial charge in [-0.2, -0.15) is 5.10 Å². The molecule has 0 saturated carbocycles. The zero-order valence-electron chi connectivity index (χ0n) is 20.5. The van der Waals surface area contributed by atoms with Gasteiger partial charge in [0.15, 0.2) is 11.6 Å². The van der Waals surface area contributed by atoms with Gasteiger partial charge in [-0.3, -0.25) is 15.7 Å². The first kappa shape index (κ1) is 22.6. The van der Waals surface area contributed by atoms with Crippen LogP contribution in [0.3, 0.4) is 0 Å². The van der Waals surface area contributed by atoms with Crippen molar-refractivity contribution in [1.29, 1.82) is 0 Å². The van der Waals surface area contributed by atoms with Gasteiger partial charge in [-0.25, -0.2) is 9.79 Å². The van der Waals surface area contributed by atoms with Gasteiger partial charge < -0.3 is 20.0 Å². The molecular formula is C22H37N9O. The third-order valence-electron chi connectivity index (χ3n) is 7.25. The summed E-state index contributed by atoms with van der Waals surface area (Å²) in [5, 5.41) is 10.8. The van der Waals surface area contributed by atoms with Crippen LogP contribution in [0.4, 0.5) is 4.79 Å². The fraction of sp³-hybridized carbons (Fsp3) is 0.682. The smallest absolute Gasteiger partial charge is 0.321 e. The molecule has 3 aliphatic rings. The van der Waals surface area contributed by atoms with Gasteiger partial charge in [0.1, 0.15) is 5.69 Å². The van der Waals surface area contributed by atoms with Crippen LogP contribution in [0.5, 0.6) is 0 Å². The van der Waals surface area contributed by atoms with Crippen LogP contribution in [0.1, 0.15) is 51.6 Å². The van der Waals surface area contributed by atoms with Crippen molar-refractivity contribution >= 4 is 12.0 Å². The number of carbonyl (C=O) groups excluding carboxylic acids is 1. The summed E-state index contributed by atoms with van der Waals surface area (Å²) in [7, 11) is 5.93. The highest BCUT2D eigenvalue weighted by molar-refractivity contribution is 5.82. The molecule has 176 valence electrons. The molecule has 2 amide bonds. The number of hydrogen-bond acceptors (Lipinski definition) is 7. The van der Waals surface area contributed by atoms with E-state index in [0.29, 0.717) is 24.7 Å². The van der Waals surface area contributed by atoms with Crippen molar-refractivity contribution in [3.8, 4) is 0 Å². The van der Waals surface area contributed by atoms with Gasteiger partial charge in [0.05, 0.1) is 17.8 Å². The molecule has 0 spiro atoms. The number of piperazine rings is 1. The average molecular weight is 444 g/mol. The Hall–Kier alpha value is -2.59. The standard InChI is InChI=1S/C22H37N9O/c1-14-11-29(8)20(2,3)13-30(14)19(32)31-12-15-16(21(31,4)5)26-27-17(15)22(23)9-10-24-18(25-22)28(6)7/h9-10,14H,11-13,23H2,1-8H3,(H,24,25)(H,26,27)/t14-,22?/m0/s1. The Balaban J connectivity index is 1.66. The molecule has 1 fully saturated rings. The number of nitrogens with two attached hydrogens (primary N) is 1. The summed E-state index contributed by atoms with van der Waals surface area (Å²) >= 11 is 0. The van der Waals surface area contributed by atoms with E-state index in [9.17, 15) is 4.79 Å². The van der Waals surface area contributed by atoms with Crippen LogP contribution in [-0.4, -0.2) is 87.6 Å². The number of nitrogens with one attached hydrogen (secondary N) is 2. The normalized spacial score (nSPS) is 28.9. The molecule has 4 heterocycles. The van der Waals surface area contributed by atoms with Crippen molar-refractivity contribution in [2.75, 3.05) is 34.2 Å². The van der Waals surface area contributed by atoms with Crippen molar-refractivity contribution in [2.45, 2.75) is 63.9 Å². The molecule has 3 aliphatic heterocycles. The largest absolute Gasteiger partial charge is 0.349 e. The van der Waals surface area contributed by atoms with E-state index in [1.54, 1.807) is 12.3 Å². The van der Waals surface area contributed by atoms with Crippen molar-refractivity contribution in [1.82, 2.24) is 35.1 Å². The van der Waals surface area contributed by atoms with Crippen LogP contribution in [0.2, 0.25) is 0 Å². The van der Waals surface area contributed by atoms with E-state index in [-0.39, 0.29) is 17.6 Å². The highest BCUT2D eigenvalue weighted by Gasteiger charge is 2.49. The summed E-state index contributed by atoms with van der Waals surface area (Å²) in [4.78, 5) is 26.6. The lowest BCUT2D eigenvalue weighted by Crippen LogP contribution is -2.65. The molecule has 0 radical (unpaired) electrons. The lowest BCUT2D eigenvalue weighted by molar-refractivity contribution is 0.00689. The molecule has 1 aromatic rings. The first-order chi connectivity index (χ1) is 14.8. The highest BCUT2D eigenvalue weighted by atomic mass is 16.2. The average Bonchev–Trinajstić information content (AvgIpc) is 3.23. The third-order valence-corrected chi connectivity index (χ3v) is 7.25. The maximum Gasteiger partial charge on any atom is 0.321 e. The van der Waals surface area contributed by atoms with Crippen molar-refractivity contribution in [3.05, 3.63) is 29.2 Å². The molecule has 10 nitrogen and oxygen atoms in total. The number of urea groups is 1. The predicted molar refractivity (Wildman–Crippen MR) is 125 cm³/mol. The first-order valence-corrected chi connectivity index (χ1v) is 11.2. The van der Waals surface area contributed by atoms with Crippen LogP contribution in [0, 0.1) is 0 Å². The Morgan fingerprint density at radius 1 is 1.28 bits per heavy atom. The van der Waals surface area contributed by atoms with Crippen molar-refractivity contribution in [2.24, 2.45) is 10.7 Å². The van der Waals surface area contributed by atoms with Gasteiger partial charge in [0.2, 0.25) is 0 Å². The van der Waals surface area contributed by atoms with E-state index in [2.05, 4.69) is 62.1 Å². The van der Waals surface area contributed by atoms with E-state index >= 15 is 0 Å². The molecule has 32 heavy (non-hydrogen) atoms. The number of amides is 2.